The molecule has 1 rings (SSSR count). The van der Waals surface area contributed by atoms with Gasteiger partial charge < -0.3 is 16.3 Å². The van der Waals surface area contributed by atoms with Crippen LogP contribution in [0.1, 0.15) is 37.4 Å². The lowest BCUT2D eigenvalue weighted by molar-refractivity contribution is 0.313. The van der Waals surface area contributed by atoms with Crippen LogP contribution in [-0.2, 0) is 0 Å². The van der Waals surface area contributed by atoms with Gasteiger partial charge in [0.1, 0.15) is 0 Å². The summed E-state index contributed by atoms with van der Waals surface area (Å²) in [4.78, 5) is 0. The van der Waals surface area contributed by atoms with E-state index in [0.717, 1.165) is 6.42 Å². The molecule has 1 unspecified atom stereocenters. The van der Waals surface area contributed by atoms with Crippen molar-refractivity contribution in [2.45, 2.75) is 39.3 Å². The molecule has 17 heavy (non-hydrogen) atoms. The van der Waals surface area contributed by atoms with Crippen LogP contribution in [0.15, 0.2) is 29.4 Å². The molecule has 0 saturated carbocycles. The van der Waals surface area contributed by atoms with E-state index in [-0.39, 0.29) is 17.9 Å². The normalized spacial score (nSPS) is 15.6. The Hall–Kier alpha value is -1.55. The van der Waals surface area contributed by atoms with Crippen molar-refractivity contribution < 1.29 is 5.21 Å². The van der Waals surface area contributed by atoms with E-state index in [2.05, 4.69) is 36.5 Å². The first kappa shape index (κ1) is 13.5. The third kappa shape index (κ3) is 3.46. The van der Waals surface area contributed by atoms with Crippen molar-refractivity contribution >= 4 is 5.84 Å². The van der Waals surface area contributed by atoms with Crippen LogP contribution in [0.5, 0.6) is 0 Å². The van der Waals surface area contributed by atoms with Gasteiger partial charge in [-0.05, 0) is 31.4 Å². The number of benzene rings is 1. The second-order valence-electron chi connectivity index (χ2n) is 4.23. The Morgan fingerprint density at radius 2 is 2.12 bits per heavy atom. The van der Waals surface area contributed by atoms with Gasteiger partial charge in [0.05, 0.1) is 6.04 Å². The number of amidine groups is 1. The number of oxime groups is 1. The standard InChI is InChI=1S/C13H21N3O/c1-4-12(13(14)16-17)15-10(3)11-8-6-5-7-9(11)2/h5-8,10,12,15,17H,4H2,1-3H3,(H2,14,16)/t10-,12?/m0/s1. The van der Waals surface area contributed by atoms with E-state index in [1.165, 1.54) is 11.1 Å². The first-order chi connectivity index (χ1) is 8.10. The summed E-state index contributed by atoms with van der Waals surface area (Å²) in [6.45, 7) is 6.16. The molecule has 0 bridgehead atoms. The fraction of sp³-hybridized carbons (Fsp3) is 0.462. The van der Waals surface area contributed by atoms with E-state index in [9.17, 15) is 0 Å². The molecular formula is C13H21N3O. The average Bonchev–Trinajstić information content (AvgIpc) is 2.35. The van der Waals surface area contributed by atoms with Crippen molar-refractivity contribution in [1.82, 2.24) is 5.32 Å². The lowest BCUT2D eigenvalue weighted by Crippen LogP contribution is -2.42. The maximum absolute atomic E-state index is 8.70. The second kappa shape index (κ2) is 6.25. The maximum Gasteiger partial charge on any atom is 0.156 e. The van der Waals surface area contributed by atoms with Crippen molar-refractivity contribution in [1.29, 1.82) is 0 Å². The SMILES string of the molecule is CCC(N[C@@H](C)c1ccccc1C)/C(N)=N/O. The molecule has 0 aliphatic heterocycles. The highest BCUT2D eigenvalue weighted by atomic mass is 16.4. The second-order valence-corrected chi connectivity index (χ2v) is 4.23. The Kier molecular flexibility index (Phi) is 4.97. The van der Waals surface area contributed by atoms with Gasteiger partial charge in [0.15, 0.2) is 5.84 Å². The monoisotopic (exact) mass is 235 g/mol. The van der Waals surface area contributed by atoms with Gasteiger partial charge in [-0.15, -0.1) is 0 Å². The zero-order chi connectivity index (χ0) is 12.8. The molecule has 0 aliphatic carbocycles. The van der Waals surface area contributed by atoms with Crippen molar-refractivity contribution in [2.24, 2.45) is 10.9 Å². The van der Waals surface area contributed by atoms with Gasteiger partial charge in [0.2, 0.25) is 0 Å². The summed E-state index contributed by atoms with van der Waals surface area (Å²) in [7, 11) is 0. The lowest BCUT2D eigenvalue weighted by atomic mass is 10.0. The first-order valence-electron chi connectivity index (χ1n) is 5.89. The zero-order valence-electron chi connectivity index (χ0n) is 10.6. The fourth-order valence-corrected chi connectivity index (χ4v) is 1.95. The third-order valence-electron chi connectivity index (χ3n) is 2.99. The average molecular weight is 235 g/mol. The van der Waals surface area contributed by atoms with Crippen LogP contribution in [0.3, 0.4) is 0 Å². The summed E-state index contributed by atoms with van der Waals surface area (Å²) < 4.78 is 0. The topological polar surface area (TPSA) is 70.6 Å². The van der Waals surface area contributed by atoms with Gasteiger partial charge in [0, 0.05) is 6.04 Å². The molecule has 0 heterocycles. The van der Waals surface area contributed by atoms with Gasteiger partial charge in [0.25, 0.3) is 0 Å². The molecule has 94 valence electrons. The van der Waals surface area contributed by atoms with Crippen molar-refractivity contribution in [2.75, 3.05) is 0 Å². The van der Waals surface area contributed by atoms with E-state index in [4.69, 9.17) is 10.9 Å². The molecule has 0 spiro atoms. The number of hydrogen-bond donors (Lipinski definition) is 3. The highest BCUT2D eigenvalue weighted by molar-refractivity contribution is 5.85. The minimum atomic E-state index is -0.102. The number of nitrogens with zero attached hydrogens (tertiary/aromatic N) is 1. The minimum absolute atomic E-state index is 0.102. The van der Waals surface area contributed by atoms with Crippen molar-refractivity contribution in [3.8, 4) is 0 Å². The van der Waals surface area contributed by atoms with E-state index < -0.39 is 0 Å². The Morgan fingerprint density at radius 3 is 2.65 bits per heavy atom. The lowest BCUT2D eigenvalue weighted by Gasteiger charge is -2.22. The molecule has 0 fully saturated rings. The van der Waals surface area contributed by atoms with E-state index in [1.807, 2.05) is 19.1 Å². The number of hydrogen-bond acceptors (Lipinski definition) is 3. The van der Waals surface area contributed by atoms with Crippen LogP contribution in [0.4, 0.5) is 0 Å². The van der Waals surface area contributed by atoms with Crippen molar-refractivity contribution in [3.05, 3.63) is 35.4 Å². The molecule has 0 aliphatic rings. The molecule has 0 radical (unpaired) electrons. The molecular weight excluding hydrogens is 214 g/mol. The van der Waals surface area contributed by atoms with Gasteiger partial charge in [-0.3, -0.25) is 0 Å². The summed E-state index contributed by atoms with van der Waals surface area (Å²) in [5.41, 5.74) is 8.10. The molecule has 0 aromatic heterocycles. The van der Waals surface area contributed by atoms with Crippen LogP contribution >= 0.6 is 0 Å². The Labute approximate surface area is 103 Å². The largest absolute Gasteiger partial charge is 0.409 e. The molecule has 0 amide bonds. The first-order valence-corrected chi connectivity index (χ1v) is 5.89. The summed E-state index contributed by atoms with van der Waals surface area (Å²) in [5, 5.41) is 15.1. The third-order valence-corrected chi connectivity index (χ3v) is 2.99. The van der Waals surface area contributed by atoms with Gasteiger partial charge in [-0.1, -0.05) is 36.3 Å². The van der Waals surface area contributed by atoms with E-state index >= 15 is 0 Å². The fourth-order valence-electron chi connectivity index (χ4n) is 1.95. The van der Waals surface area contributed by atoms with Crippen LogP contribution in [0, 0.1) is 6.92 Å². The summed E-state index contributed by atoms with van der Waals surface area (Å²) in [6.07, 6.45) is 0.784. The van der Waals surface area contributed by atoms with Gasteiger partial charge in [-0.25, -0.2) is 0 Å². The maximum atomic E-state index is 8.70. The highest BCUT2D eigenvalue weighted by Gasteiger charge is 2.16. The Balaban J connectivity index is 2.78. The number of aryl methyl sites for hydroxylation is 1. The molecule has 4 N–H and O–H groups in total. The summed E-state index contributed by atoms with van der Waals surface area (Å²) in [6, 6.07) is 8.28. The molecule has 4 heteroatoms. The van der Waals surface area contributed by atoms with Gasteiger partial charge in [-0.2, -0.15) is 0 Å². The molecule has 2 atom stereocenters. The summed E-state index contributed by atoms with van der Waals surface area (Å²) >= 11 is 0. The number of nitrogens with two attached hydrogens (primary N) is 1. The van der Waals surface area contributed by atoms with E-state index in [1.54, 1.807) is 0 Å². The van der Waals surface area contributed by atoms with Gasteiger partial charge >= 0.3 is 0 Å². The molecule has 4 nitrogen and oxygen atoms in total. The van der Waals surface area contributed by atoms with E-state index in [0.29, 0.717) is 0 Å². The van der Waals surface area contributed by atoms with Crippen LogP contribution in [0.2, 0.25) is 0 Å². The minimum Gasteiger partial charge on any atom is -0.409 e. The molecule has 0 saturated heterocycles. The Morgan fingerprint density at radius 1 is 1.47 bits per heavy atom. The molecule has 1 aromatic carbocycles. The smallest absolute Gasteiger partial charge is 0.156 e. The predicted octanol–water partition coefficient (Wildman–Crippen LogP) is 2.17. The van der Waals surface area contributed by atoms with Crippen LogP contribution in [-0.4, -0.2) is 17.1 Å². The summed E-state index contributed by atoms with van der Waals surface area (Å²) in [5.74, 6) is 0.230. The number of rotatable bonds is 5. The Bertz CT molecular complexity index is 390. The number of nitrogens with one attached hydrogen (secondary N) is 1. The highest BCUT2D eigenvalue weighted by Crippen LogP contribution is 2.17. The van der Waals surface area contributed by atoms with Crippen LogP contribution in [0.25, 0.3) is 0 Å². The predicted molar refractivity (Wildman–Crippen MR) is 70.2 cm³/mol. The zero-order valence-corrected chi connectivity index (χ0v) is 10.6. The quantitative estimate of drug-likeness (QED) is 0.317. The van der Waals surface area contributed by atoms with Crippen molar-refractivity contribution in [3.63, 3.8) is 0 Å². The van der Waals surface area contributed by atoms with Crippen LogP contribution < -0.4 is 11.1 Å². The molecule has 1 aromatic rings.